The Morgan fingerprint density at radius 2 is 2.25 bits per heavy atom. The molecule has 20 heavy (non-hydrogen) atoms. The summed E-state index contributed by atoms with van der Waals surface area (Å²) in [6, 6.07) is 4.10. The average molecular weight is 401 g/mol. The summed E-state index contributed by atoms with van der Waals surface area (Å²) in [5, 5.41) is 9.34. The average Bonchev–Trinajstić information content (AvgIpc) is 2.88. The number of halogens is 2. The summed E-state index contributed by atoms with van der Waals surface area (Å²) >= 11 is 6.75. The van der Waals surface area contributed by atoms with Gasteiger partial charge in [0.15, 0.2) is 0 Å². The molecule has 104 valence electrons. The molecular formula is C13H11Br2N3O2. The van der Waals surface area contributed by atoms with Crippen molar-refractivity contribution in [2.75, 3.05) is 11.9 Å². The van der Waals surface area contributed by atoms with Gasteiger partial charge in [0.25, 0.3) is 5.56 Å². The molecule has 0 unspecified atom stereocenters. The maximum atomic E-state index is 11.5. The predicted molar refractivity (Wildman–Crippen MR) is 83.2 cm³/mol. The molecule has 5 nitrogen and oxygen atoms in total. The van der Waals surface area contributed by atoms with Crippen LogP contribution in [0.4, 0.5) is 5.69 Å². The molecule has 0 aliphatic carbocycles. The van der Waals surface area contributed by atoms with E-state index in [1.54, 1.807) is 6.20 Å². The van der Waals surface area contributed by atoms with Crippen molar-refractivity contribution in [1.29, 1.82) is 0 Å². The quantitative estimate of drug-likeness (QED) is 0.831. The largest absolute Gasteiger partial charge is 0.493 e. The first-order chi connectivity index (χ1) is 9.65. The van der Waals surface area contributed by atoms with Gasteiger partial charge in [-0.1, -0.05) is 15.9 Å². The Hall–Kier alpha value is -1.34. The van der Waals surface area contributed by atoms with Crippen molar-refractivity contribution in [3.8, 4) is 5.75 Å². The lowest BCUT2D eigenvalue weighted by molar-refractivity contribution is 0.354. The van der Waals surface area contributed by atoms with E-state index >= 15 is 0 Å². The number of aromatic amines is 1. The van der Waals surface area contributed by atoms with Crippen LogP contribution in [-0.4, -0.2) is 16.8 Å². The molecule has 1 aromatic carbocycles. The summed E-state index contributed by atoms with van der Waals surface area (Å²) < 4.78 is 7.14. The van der Waals surface area contributed by atoms with Crippen molar-refractivity contribution in [2.45, 2.75) is 13.0 Å². The molecule has 2 aromatic rings. The van der Waals surface area contributed by atoms with Gasteiger partial charge in [-0.25, -0.2) is 5.10 Å². The number of hydrogen-bond acceptors (Lipinski definition) is 4. The summed E-state index contributed by atoms with van der Waals surface area (Å²) in [4.78, 5) is 11.5. The number of benzene rings is 1. The molecular weight excluding hydrogens is 390 g/mol. The highest BCUT2D eigenvalue weighted by Crippen LogP contribution is 2.33. The van der Waals surface area contributed by atoms with Crippen LogP contribution in [0.3, 0.4) is 0 Å². The molecule has 0 saturated heterocycles. The summed E-state index contributed by atoms with van der Waals surface area (Å²) in [5.74, 6) is 0.939. The minimum Gasteiger partial charge on any atom is -0.493 e. The highest BCUT2D eigenvalue weighted by molar-refractivity contribution is 9.10. The third-order valence-corrected chi connectivity index (χ3v) is 4.34. The number of nitrogens with zero attached hydrogens (tertiary/aromatic N) is 1. The molecule has 1 aliphatic heterocycles. The van der Waals surface area contributed by atoms with E-state index in [9.17, 15) is 4.79 Å². The van der Waals surface area contributed by atoms with Crippen molar-refractivity contribution in [3.63, 3.8) is 0 Å². The van der Waals surface area contributed by atoms with E-state index in [0.29, 0.717) is 16.7 Å². The van der Waals surface area contributed by atoms with Crippen molar-refractivity contribution in [3.05, 3.63) is 48.8 Å². The standard InChI is InChI=1S/C13H11Br2N3O2/c14-9-3-7-1-2-20-12(7)8(4-9)5-16-10-6-17-18-13(19)11(10)15/h3-4,6H,1-2,5H2,(H2,16,18,19). The fraction of sp³-hybridized carbons (Fsp3) is 0.231. The lowest BCUT2D eigenvalue weighted by Crippen LogP contribution is -2.12. The fourth-order valence-corrected chi connectivity index (χ4v) is 3.06. The summed E-state index contributed by atoms with van der Waals surface area (Å²) in [6.45, 7) is 1.28. The van der Waals surface area contributed by atoms with E-state index in [2.05, 4.69) is 53.4 Å². The van der Waals surface area contributed by atoms with Gasteiger partial charge in [0.05, 0.1) is 18.5 Å². The Morgan fingerprint density at radius 3 is 3.10 bits per heavy atom. The smallest absolute Gasteiger partial charge is 0.280 e. The van der Waals surface area contributed by atoms with Crippen LogP contribution >= 0.6 is 31.9 Å². The predicted octanol–water partition coefficient (Wildman–Crippen LogP) is 2.84. The van der Waals surface area contributed by atoms with Crippen LogP contribution in [0.1, 0.15) is 11.1 Å². The van der Waals surface area contributed by atoms with Crippen molar-refractivity contribution < 1.29 is 4.74 Å². The molecule has 2 heterocycles. The first-order valence-corrected chi connectivity index (χ1v) is 7.65. The van der Waals surface area contributed by atoms with Crippen LogP contribution in [0.5, 0.6) is 5.75 Å². The van der Waals surface area contributed by atoms with E-state index in [0.717, 1.165) is 28.8 Å². The fourth-order valence-electron chi connectivity index (χ4n) is 2.17. The maximum Gasteiger partial charge on any atom is 0.280 e. The Morgan fingerprint density at radius 1 is 1.40 bits per heavy atom. The first-order valence-electron chi connectivity index (χ1n) is 6.06. The molecule has 0 saturated carbocycles. The summed E-state index contributed by atoms with van der Waals surface area (Å²) in [6.07, 6.45) is 2.50. The topological polar surface area (TPSA) is 67.0 Å². The Bertz CT molecular complexity index is 715. The monoisotopic (exact) mass is 399 g/mol. The van der Waals surface area contributed by atoms with Crippen LogP contribution < -0.4 is 15.6 Å². The van der Waals surface area contributed by atoms with Gasteiger partial charge < -0.3 is 10.1 Å². The third-order valence-electron chi connectivity index (χ3n) is 3.09. The number of ether oxygens (including phenoxy) is 1. The summed E-state index contributed by atoms with van der Waals surface area (Å²) in [7, 11) is 0. The molecule has 0 fully saturated rings. The third kappa shape index (κ3) is 2.60. The van der Waals surface area contributed by atoms with Gasteiger partial charge in [-0.15, -0.1) is 0 Å². The normalized spacial score (nSPS) is 12.9. The van der Waals surface area contributed by atoms with Gasteiger partial charge in [0.2, 0.25) is 0 Å². The second-order valence-electron chi connectivity index (χ2n) is 4.43. The Labute approximate surface area is 132 Å². The molecule has 1 aliphatic rings. The number of hydrogen-bond donors (Lipinski definition) is 2. The number of anilines is 1. The van der Waals surface area contributed by atoms with Gasteiger partial charge in [-0.05, 0) is 33.6 Å². The number of aromatic nitrogens is 2. The lowest BCUT2D eigenvalue weighted by atomic mass is 10.1. The zero-order valence-corrected chi connectivity index (χ0v) is 13.5. The molecule has 0 atom stereocenters. The number of fused-ring (bicyclic) bond motifs is 1. The van der Waals surface area contributed by atoms with Gasteiger partial charge in [-0.2, -0.15) is 5.10 Å². The van der Waals surface area contributed by atoms with E-state index in [1.165, 1.54) is 5.56 Å². The molecule has 2 N–H and O–H groups in total. The SMILES string of the molecule is O=c1[nH]ncc(NCc2cc(Br)cc3c2OCC3)c1Br. The highest BCUT2D eigenvalue weighted by atomic mass is 79.9. The van der Waals surface area contributed by atoms with Crippen molar-refractivity contribution in [2.24, 2.45) is 0 Å². The molecule has 7 heteroatoms. The molecule has 0 spiro atoms. The highest BCUT2D eigenvalue weighted by Gasteiger charge is 2.17. The van der Waals surface area contributed by atoms with E-state index < -0.39 is 0 Å². The van der Waals surface area contributed by atoms with Gasteiger partial charge in [0, 0.05) is 23.0 Å². The molecule has 0 radical (unpaired) electrons. The minimum absolute atomic E-state index is 0.259. The second-order valence-corrected chi connectivity index (χ2v) is 6.14. The van der Waals surface area contributed by atoms with E-state index in [1.807, 2.05) is 6.07 Å². The van der Waals surface area contributed by atoms with Gasteiger partial charge in [0.1, 0.15) is 10.2 Å². The molecule has 0 amide bonds. The van der Waals surface area contributed by atoms with Gasteiger partial charge >= 0.3 is 0 Å². The lowest BCUT2D eigenvalue weighted by Gasteiger charge is -2.11. The Balaban J connectivity index is 1.86. The van der Waals surface area contributed by atoms with Crippen LogP contribution in [-0.2, 0) is 13.0 Å². The van der Waals surface area contributed by atoms with Crippen LogP contribution in [0.15, 0.2) is 32.1 Å². The Kier molecular flexibility index (Phi) is 3.80. The first kappa shape index (κ1) is 13.6. The van der Waals surface area contributed by atoms with Crippen molar-refractivity contribution >= 4 is 37.5 Å². The van der Waals surface area contributed by atoms with Crippen LogP contribution in [0.2, 0.25) is 0 Å². The van der Waals surface area contributed by atoms with E-state index in [4.69, 9.17) is 4.74 Å². The zero-order valence-electron chi connectivity index (χ0n) is 10.4. The van der Waals surface area contributed by atoms with E-state index in [-0.39, 0.29) is 5.56 Å². The molecule has 0 bridgehead atoms. The zero-order chi connectivity index (χ0) is 14.1. The van der Waals surface area contributed by atoms with Crippen LogP contribution in [0.25, 0.3) is 0 Å². The summed E-state index contributed by atoms with van der Waals surface area (Å²) in [5.41, 5.74) is 2.66. The minimum atomic E-state index is -0.259. The van der Waals surface area contributed by atoms with Gasteiger partial charge in [-0.3, -0.25) is 4.79 Å². The molecule has 1 aromatic heterocycles. The maximum absolute atomic E-state index is 11.5. The second kappa shape index (κ2) is 5.57. The van der Waals surface area contributed by atoms with Crippen molar-refractivity contribution in [1.82, 2.24) is 10.2 Å². The number of H-pyrrole nitrogens is 1. The molecule has 3 rings (SSSR count). The van der Waals surface area contributed by atoms with Crippen LogP contribution in [0, 0.1) is 0 Å². The number of nitrogens with one attached hydrogen (secondary N) is 2. The number of rotatable bonds is 3.